The molecule has 0 aromatic heterocycles. The minimum absolute atomic E-state index is 0.246. The van der Waals surface area contributed by atoms with E-state index in [1.165, 1.54) is 70.6 Å². The zero-order valence-electron chi connectivity index (χ0n) is 16.3. The van der Waals surface area contributed by atoms with Crippen molar-refractivity contribution in [3.8, 4) is 0 Å². The number of hydrogen-bond acceptors (Lipinski definition) is 4. The van der Waals surface area contributed by atoms with E-state index >= 15 is 0 Å². The second kappa shape index (κ2) is 16.4. The van der Waals surface area contributed by atoms with Crippen molar-refractivity contribution >= 4 is 11.9 Å². The highest BCUT2D eigenvalue weighted by molar-refractivity contribution is 5.80. The van der Waals surface area contributed by atoms with E-state index in [2.05, 4.69) is 6.92 Å². The zero-order valence-corrected chi connectivity index (χ0v) is 16.3. The van der Waals surface area contributed by atoms with Gasteiger partial charge in [0.05, 0.1) is 12.0 Å². The number of hydroxylamine groups is 2. The Morgan fingerprint density at radius 3 is 1.48 bits per heavy atom. The number of rotatable bonds is 17. The Morgan fingerprint density at radius 2 is 1.16 bits per heavy atom. The highest BCUT2D eigenvalue weighted by atomic mass is 16.5. The Balaban J connectivity index is 3.43. The summed E-state index contributed by atoms with van der Waals surface area (Å²) < 4.78 is 0. The van der Waals surface area contributed by atoms with E-state index in [4.69, 9.17) is 0 Å². The van der Waals surface area contributed by atoms with E-state index < -0.39 is 17.9 Å². The molecule has 1 N–H and O–H groups in total. The van der Waals surface area contributed by atoms with Crippen molar-refractivity contribution in [3.05, 3.63) is 0 Å². The largest absolute Gasteiger partial charge is 0.548 e. The van der Waals surface area contributed by atoms with E-state index in [-0.39, 0.29) is 11.5 Å². The van der Waals surface area contributed by atoms with E-state index in [1.54, 1.807) is 0 Å². The first-order valence-corrected chi connectivity index (χ1v) is 10.2. The van der Waals surface area contributed by atoms with Gasteiger partial charge in [0.15, 0.2) is 0 Å². The van der Waals surface area contributed by atoms with Crippen molar-refractivity contribution in [1.29, 1.82) is 0 Å². The van der Waals surface area contributed by atoms with Gasteiger partial charge in [0.25, 0.3) is 0 Å². The molecule has 0 spiro atoms. The molecule has 5 nitrogen and oxygen atoms in total. The van der Waals surface area contributed by atoms with Crippen LogP contribution in [0.15, 0.2) is 0 Å². The minimum Gasteiger partial charge on any atom is -0.548 e. The minimum atomic E-state index is -1.40. The summed E-state index contributed by atoms with van der Waals surface area (Å²) in [6, 6.07) is -1.23. The number of nitrogens with zero attached hydrogens (tertiary/aromatic N) is 1. The van der Waals surface area contributed by atoms with Crippen LogP contribution in [0.3, 0.4) is 0 Å². The molecule has 0 aliphatic heterocycles. The van der Waals surface area contributed by atoms with Gasteiger partial charge in [-0.2, -0.15) is 0 Å². The van der Waals surface area contributed by atoms with E-state index in [0.717, 1.165) is 19.8 Å². The van der Waals surface area contributed by atoms with Crippen molar-refractivity contribution in [3.63, 3.8) is 0 Å². The summed E-state index contributed by atoms with van der Waals surface area (Å²) in [5.41, 5.74) is 0. The first-order chi connectivity index (χ1) is 12.0. The van der Waals surface area contributed by atoms with Crippen molar-refractivity contribution < 1.29 is 19.9 Å². The maximum absolute atomic E-state index is 11.0. The van der Waals surface area contributed by atoms with Crippen LogP contribution < -0.4 is 5.11 Å². The third-order valence-electron chi connectivity index (χ3n) is 4.72. The quantitative estimate of drug-likeness (QED) is 0.240. The number of hydrogen-bond donors (Lipinski definition) is 1. The first kappa shape index (κ1) is 23.9. The fourth-order valence-electron chi connectivity index (χ4n) is 3.09. The van der Waals surface area contributed by atoms with Gasteiger partial charge in [0, 0.05) is 6.92 Å². The number of amides is 1. The molecule has 0 radical (unpaired) electrons. The van der Waals surface area contributed by atoms with E-state index in [0.29, 0.717) is 6.42 Å². The lowest BCUT2D eigenvalue weighted by atomic mass is 10.0. The molecular formula is C20H38NO4-. The number of aliphatic carboxylic acids is 1. The van der Waals surface area contributed by atoms with Crippen LogP contribution in [-0.2, 0) is 9.59 Å². The molecule has 1 amide bonds. The predicted octanol–water partition coefficient (Wildman–Crippen LogP) is 4.21. The van der Waals surface area contributed by atoms with Gasteiger partial charge in [-0.25, -0.2) is 5.06 Å². The SMILES string of the molecule is CCCCCCCCCCCCCCCCC(C(=O)[O-])N(O)C(C)=O. The van der Waals surface area contributed by atoms with Crippen molar-refractivity contribution in [1.82, 2.24) is 5.06 Å². The molecule has 148 valence electrons. The summed E-state index contributed by atoms with van der Waals surface area (Å²) in [5, 5.41) is 20.6. The number of carbonyl (C=O) groups is 2. The van der Waals surface area contributed by atoms with Gasteiger partial charge in [0.2, 0.25) is 5.91 Å². The monoisotopic (exact) mass is 356 g/mol. The lowest BCUT2D eigenvalue weighted by Gasteiger charge is -2.25. The topological polar surface area (TPSA) is 80.7 Å². The van der Waals surface area contributed by atoms with Crippen LogP contribution >= 0.6 is 0 Å². The summed E-state index contributed by atoms with van der Waals surface area (Å²) in [5.74, 6) is -2.06. The summed E-state index contributed by atoms with van der Waals surface area (Å²) in [4.78, 5) is 22.0. The summed E-state index contributed by atoms with van der Waals surface area (Å²) in [6.45, 7) is 3.39. The Morgan fingerprint density at radius 1 is 0.800 bits per heavy atom. The van der Waals surface area contributed by atoms with E-state index in [1.807, 2.05) is 0 Å². The van der Waals surface area contributed by atoms with Crippen LogP contribution in [0.4, 0.5) is 0 Å². The standard InChI is InChI=1S/C20H39NO4/c1-3-4-5-6-7-8-9-10-11-12-13-14-15-16-17-19(20(23)24)21(25)18(2)22/h19,25H,3-17H2,1-2H3,(H,23,24)/p-1. The summed E-state index contributed by atoms with van der Waals surface area (Å²) in [6.07, 6.45) is 17.5. The zero-order chi connectivity index (χ0) is 18.9. The van der Waals surface area contributed by atoms with Crippen LogP contribution in [0.5, 0.6) is 0 Å². The Bertz CT molecular complexity index is 347. The normalized spacial score (nSPS) is 12.1. The molecular weight excluding hydrogens is 318 g/mol. The van der Waals surface area contributed by atoms with Crippen LogP contribution in [0.2, 0.25) is 0 Å². The molecule has 0 aromatic carbocycles. The smallest absolute Gasteiger partial charge is 0.243 e. The molecule has 0 aliphatic rings. The molecule has 1 atom stereocenters. The van der Waals surface area contributed by atoms with Crippen LogP contribution in [0.25, 0.3) is 0 Å². The molecule has 25 heavy (non-hydrogen) atoms. The molecule has 0 aromatic rings. The molecule has 5 heteroatoms. The second-order valence-corrected chi connectivity index (χ2v) is 7.08. The molecule has 1 unspecified atom stereocenters. The molecule has 0 rings (SSSR count). The van der Waals surface area contributed by atoms with Crippen LogP contribution in [0.1, 0.15) is 110 Å². The lowest BCUT2D eigenvalue weighted by molar-refractivity contribution is -0.318. The summed E-state index contributed by atoms with van der Waals surface area (Å²) in [7, 11) is 0. The fourth-order valence-corrected chi connectivity index (χ4v) is 3.09. The average Bonchev–Trinajstić information content (AvgIpc) is 2.57. The molecule has 0 bridgehead atoms. The average molecular weight is 357 g/mol. The number of carboxylic acid groups (broad SMARTS) is 1. The van der Waals surface area contributed by atoms with Gasteiger partial charge >= 0.3 is 0 Å². The van der Waals surface area contributed by atoms with Crippen molar-refractivity contribution in [2.45, 2.75) is 116 Å². The third-order valence-corrected chi connectivity index (χ3v) is 4.72. The predicted molar refractivity (Wildman–Crippen MR) is 98.0 cm³/mol. The Kier molecular flexibility index (Phi) is 15.7. The van der Waals surface area contributed by atoms with Gasteiger partial charge in [-0.3, -0.25) is 10.0 Å². The molecule has 0 aliphatic carbocycles. The van der Waals surface area contributed by atoms with Crippen LogP contribution in [0, 0.1) is 0 Å². The molecule has 0 saturated carbocycles. The molecule has 0 saturated heterocycles. The highest BCUT2D eigenvalue weighted by Gasteiger charge is 2.19. The Hall–Kier alpha value is -1.10. The Labute approximate surface area is 153 Å². The van der Waals surface area contributed by atoms with Gasteiger partial charge in [0.1, 0.15) is 0 Å². The van der Waals surface area contributed by atoms with Crippen LogP contribution in [-0.4, -0.2) is 28.2 Å². The number of carbonyl (C=O) groups excluding carboxylic acids is 2. The highest BCUT2D eigenvalue weighted by Crippen LogP contribution is 2.14. The van der Waals surface area contributed by atoms with Crippen molar-refractivity contribution in [2.24, 2.45) is 0 Å². The molecule has 0 fully saturated rings. The second-order valence-electron chi connectivity index (χ2n) is 7.08. The first-order valence-electron chi connectivity index (χ1n) is 10.2. The maximum atomic E-state index is 11.0. The van der Waals surface area contributed by atoms with Crippen molar-refractivity contribution in [2.75, 3.05) is 0 Å². The molecule has 0 heterocycles. The number of unbranched alkanes of at least 4 members (excludes halogenated alkanes) is 13. The summed E-state index contributed by atoms with van der Waals surface area (Å²) >= 11 is 0. The maximum Gasteiger partial charge on any atom is 0.243 e. The van der Waals surface area contributed by atoms with Gasteiger partial charge in [-0.05, 0) is 6.42 Å². The van der Waals surface area contributed by atoms with Gasteiger partial charge in [-0.15, -0.1) is 0 Å². The number of carboxylic acids is 1. The lowest BCUT2D eigenvalue weighted by Crippen LogP contribution is -2.48. The third kappa shape index (κ3) is 13.8. The van der Waals surface area contributed by atoms with Gasteiger partial charge in [-0.1, -0.05) is 96.8 Å². The van der Waals surface area contributed by atoms with Gasteiger partial charge < -0.3 is 9.90 Å². The fraction of sp³-hybridized carbons (Fsp3) is 0.900. The van der Waals surface area contributed by atoms with E-state index in [9.17, 15) is 19.9 Å².